The lowest BCUT2D eigenvalue weighted by Crippen LogP contribution is -2.05. The first kappa shape index (κ1) is 13.8. The number of nitrogens with two attached hydrogens (primary N) is 1. The molecule has 0 aliphatic rings. The zero-order chi connectivity index (χ0) is 13.8. The third kappa shape index (κ3) is 3.25. The minimum Gasteiger partial charge on any atom is -0.454 e. The maximum Gasteiger partial charge on any atom is 0.166 e. The molecule has 2 nitrogen and oxygen atoms in total. The Labute approximate surface area is 117 Å². The van der Waals surface area contributed by atoms with Crippen LogP contribution in [-0.4, -0.2) is 6.54 Å². The minimum atomic E-state index is -0.398. The maximum atomic E-state index is 13.9. The third-order valence-electron chi connectivity index (χ3n) is 2.82. The highest BCUT2D eigenvalue weighted by Crippen LogP contribution is 2.32. The van der Waals surface area contributed by atoms with Crippen LogP contribution < -0.4 is 10.5 Å². The second-order valence-corrected chi connectivity index (χ2v) is 4.72. The Morgan fingerprint density at radius 1 is 1.26 bits per heavy atom. The Balaban J connectivity index is 2.39. The molecule has 0 unspecified atom stereocenters. The van der Waals surface area contributed by atoms with E-state index in [1.165, 1.54) is 6.07 Å². The lowest BCUT2D eigenvalue weighted by atomic mass is 10.1. The van der Waals surface area contributed by atoms with Crippen molar-refractivity contribution in [2.24, 2.45) is 5.73 Å². The fourth-order valence-corrected chi connectivity index (χ4v) is 1.98. The van der Waals surface area contributed by atoms with Gasteiger partial charge in [0.2, 0.25) is 0 Å². The summed E-state index contributed by atoms with van der Waals surface area (Å²) in [6, 6.07) is 10.1. The topological polar surface area (TPSA) is 35.2 Å². The Morgan fingerprint density at radius 2 is 2.05 bits per heavy atom. The summed E-state index contributed by atoms with van der Waals surface area (Å²) >= 11 is 5.93. The largest absolute Gasteiger partial charge is 0.454 e. The highest BCUT2D eigenvalue weighted by Gasteiger charge is 2.12. The van der Waals surface area contributed by atoms with Crippen molar-refractivity contribution in [1.29, 1.82) is 0 Å². The van der Waals surface area contributed by atoms with Crippen molar-refractivity contribution in [2.75, 3.05) is 6.54 Å². The molecule has 2 rings (SSSR count). The highest BCUT2D eigenvalue weighted by molar-refractivity contribution is 6.30. The van der Waals surface area contributed by atoms with Crippen LogP contribution in [0.5, 0.6) is 11.5 Å². The monoisotopic (exact) mass is 279 g/mol. The molecular weight excluding hydrogens is 265 g/mol. The quantitative estimate of drug-likeness (QED) is 0.915. The summed E-state index contributed by atoms with van der Waals surface area (Å²) in [5.41, 5.74) is 7.17. The average molecular weight is 280 g/mol. The molecule has 0 aliphatic carbocycles. The number of aryl methyl sites for hydroxylation is 1. The maximum absolute atomic E-state index is 13.9. The highest BCUT2D eigenvalue weighted by atomic mass is 35.5. The van der Waals surface area contributed by atoms with Crippen LogP contribution in [0.3, 0.4) is 0 Å². The van der Waals surface area contributed by atoms with Gasteiger partial charge in [0, 0.05) is 5.02 Å². The molecule has 0 heterocycles. The van der Waals surface area contributed by atoms with Gasteiger partial charge in [0.15, 0.2) is 11.6 Å². The van der Waals surface area contributed by atoms with Crippen LogP contribution in [0.1, 0.15) is 11.1 Å². The summed E-state index contributed by atoms with van der Waals surface area (Å²) in [4.78, 5) is 0. The van der Waals surface area contributed by atoms with Crippen LogP contribution in [0.25, 0.3) is 0 Å². The molecule has 0 atom stereocenters. The smallest absolute Gasteiger partial charge is 0.166 e. The molecule has 2 aromatic rings. The van der Waals surface area contributed by atoms with Crippen LogP contribution in [0.15, 0.2) is 36.4 Å². The number of benzene rings is 2. The lowest BCUT2D eigenvalue weighted by molar-refractivity contribution is 0.433. The predicted molar refractivity (Wildman–Crippen MR) is 75.4 cm³/mol. The summed E-state index contributed by atoms with van der Waals surface area (Å²) in [5.74, 6) is 0.375. The third-order valence-corrected chi connectivity index (χ3v) is 3.06. The van der Waals surface area contributed by atoms with Crippen molar-refractivity contribution < 1.29 is 9.13 Å². The molecule has 0 spiro atoms. The molecule has 0 radical (unpaired) electrons. The summed E-state index contributed by atoms with van der Waals surface area (Å²) in [6.45, 7) is 2.32. The van der Waals surface area contributed by atoms with Gasteiger partial charge in [0.05, 0.1) is 0 Å². The summed E-state index contributed by atoms with van der Waals surface area (Å²) < 4.78 is 19.6. The van der Waals surface area contributed by atoms with E-state index in [2.05, 4.69) is 0 Å². The van der Waals surface area contributed by atoms with Crippen LogP contribution in [0.4, 0.5) is 4.39 Å². The van der Waals surface area contributed by atoms with E-state index in [0.717, 1.165) is 11.1 Å². The lowest BCUT2D eigenvalue weighted by Gasteiger charge is -2.13. The van der Waals surface area contributed by atoms with Crippen molar-refractivity contribution in [3.05, 3.63) is 58.4 Å². The van der Waals surface area contributed by atoms with Crippen molar-refractivity contribution in [1.82, 2.24) is 0 Å². The Morgan fingerprint density at radius 3 is 2.79 bits per heavy atom. The minimum absolute atomic E-state index is 0.221. The van der Waals surface area contributed by atoms with Gasteiger partial charge in [-0.25, -0.2) is 4.39 Å². The molecule has 0 aliphatic heterocycles. The molecule has 0 saturated heterocycles. The molecule has 100 valence electrons. The molecule has 0 amide bonds. The Kier molecular flexibility index (Phi) is 4.40. The van der Waals surface area contributed by atoms with Crippen molar-refractivity contribution >= 4 is 11.6 Å². The Hall–Kier alpha value is -1.58. The molecule has 4 heteroatoms. The van der Waals surface area contributed by atoms with E-state index in [4.69, 9.17) is 22.1 Å². The molecule has 0 saturated carbocycles. The first-order chi connectivity index (χ1) is 9.11. The molecule has 0 aromatic heterocycles. The van der Waals surface area contributed by atoms with E-state index in [-0.39, 0.29) is 5.75 Å². The second-order valence-electron chi connectivity index (χ2n) is 4.28. The van der Waals surface area contributed by atoms with E-state index in [9.17, 15) is 4.39 Å². The van der Waals surface area contributed by atoms with Gasteiger partial charge in [0.1, 0.15) is 5.75 Å². The summed E-state index contributed by atoms with van der Waals surface area (Å²) in [5, 5.41) is 0.553. The van der Waals surface area contributed by atoms with Crippen LogP contribution in [0, 0.1) is 12.7 Å². The van der Waals surface area contributed by atoms with Crippen LogP contribution in [0.2, 0.25) is 5.02 Å². The SMILES string of the molecule is Cc1ccc(Cl)cc1Oc1c(F)cccc1CCN. The number of ether oxygens (including phenoxy) is 1. The van der Waals surface area contributed by atoms with Gasteiger partial charge in [0.25, 0.3) is 0 Å². The van der Waals surface area contributed by atoms with Crippen molar-refractivity contribution in [2.45, 2.75) is 13.3 Å². The van der Waals surface area contributed by atoms with E-state index >= 15 is 0 Å². The fraction of sp³-hybridized carbons (Fsp3) is 0.200. The average Bonchev–Trinajstić information content (AvgIpc) is 2.38. The first-order valence-electron chi connectivity index (χ1n) is 6.03. The van der Waals surface area contributed by atoms with Gasteiger partial charge in [-0.2, -0.15) is 0 Å². The molecule has 2 N–H and O–H groups in total. The number of hydrogen-bond acceptors (Lipinski definition) is 2. The number of para-hydroxylation sites is 1. The van der Waals surface area contributed by atoms with Gasteiger partial charge < -0.3 is 10.5 Å². The number of halogens is 2. The Bertz CT molecular complexity index is 586. The van der Waals surface area contributed by atoms with Gasteiger partial charge in [-0.1, -0.05) is 29.8 Å². The molecule has 0 fully saturated rings. The first-order valence-corrected chi connectivity index (χ1v) is 6.41. The van der Waals surface area contributed by atoms with Crippen molar-refractivity contribution in [3.8, 4) is 11.5 Å². The van der Waals surface area contributed by atoms with E-state index in [1.54, 1.807) is 18.2 Å². The number of rotatable bonds is 4. The van der Waals surface area contributed by atoms with E-state index in [1.807, 2.05) is 19.1 Å². The zero-order valence-corrected chi connectivity index (χ0v) is 11.4. The summed E-state index contributed by atoms with van der Waals surface area (Å²) in [6.07, 6.45) is 0.562. The van der Waals surface area contributed by atoms with Gasteiger partial charge in [-0.15, -0.1) is 0 Å². The zero-order valence-electron chi connectivity index (χ0n) is 10.6. The second kappa shape index (κ2) is 6.04. The summed E-state index contributed by atoms with van der Waals surface area (Å²) in [7, 11) is 0. The van der Waals surface area contributed by atoms with Gasteiger partial charge in [-0.3, -0.25) is 0 Å². The van der Waals surface area contributed by atoms with Crippen LogP contribution in [-0.2, 0) is 6.42 Å². The molecular formula is C15H15ClFNO. The van der Waals surface area contributed by atoms with Gasteiger partial charge in [-0.05, 0) is 49.2 Å². The van der Waals surface area contributed by atoms with Crippen LogP contribution >= 0.6 is 11.6 Å². The van der Waals surface area contributed by atoms with Crippen molar-refractivity contribution in [3.63, 3.8) is 0 Å². The molecule has 0 bridgehead atoms. The van der Waals surface area contributed by atoms with E-state index < -0.39 is 5.82 Å². The normalized spacial score (nSPS) is 10.5. The molecule has 19 heavy (non-hydrogen) atoms. The van der Waals surface area contributed by atoms with Gasteiger partial charge >= 0.3 is 0 Å². The number of hydrogen-bond donors (Lipinski definition) is 1. The fourth-order valence-electron chi connectivity index (χ4n) is 1.81. The van der Waals surface area contributed by atoms with E-state index in [0.29, 0.717) is 23.7 Å². The predicted octanol–water partition coefficient (Wildman–Crippen LogP) is 4.08. The standard InChI is InChI=1S/C15H15ClFNO/c1-10-5-6-12(16)9-14(10)19-15-11(7-8-18)3-2-4-13(15)17/h2-6,9H,7-8,18H2,1H3. The molecule has 2 aromatic carbocycles.